The Morgan fingerprint density at radius 1 is 1.30 bits per heavy atom. The topological polar surface area (TPSA) is 66.5 Å². The van der Waals surface area contributed by atoms with E-state index in [1.807, 2.05) is 24.3 Å². The molecule has 1 aromatic rings. The summed E-state index contributed by atoms with van der Waals surface area (Å²) in [5.74, 6) is 0.0327. The third-order valence-corrected chi connectivity index (χ3v) is 4.99. The van der Waals surface area contributed by atoms with Gasteiger partial charge < -0.3 is 15.0 Å². The summed E-state index contributed by atoms with van der Waals surface area (Å²) in [6, 6.07) is 7.99. The number of likely N-dealkylation sites (N-methyl/N-ethyl adjacent to an activating group) is 1. The molecule has 1 atom stereocenters. The quantitative estimate of drug-likeness (QED) is 0.811. The van der Waals surface area contributed by atoms with E-state index in [0.717, 1.165) is 43.5 Å². The van der Waals surface area contributed by atoms with E-state index in [4.69, 9.17) is 0 Å². The molecule has 5 heteroatoms. The minimum absolute atomic E-state index is 0.0597. The van der Waals surface area contributed by atoms with E-state index >= 15 is 0 Å². The fourth-order valence-electron chi connectivity index (χ4n) is 3.73. The van der Waals surface area contributed by atoms with Gasteiger partial charge in [0.25, 0.3) is 0 Å². The zero-order valence-electron chi connectivity index (χ0n) is 13.4. The number of Topliss-reactive ketones (excluding diaryl/α,β-unsaturated/α-hetero) is 1. The summed E-state index contributed by atoms with van der Waals surface area (Å²) < 4.78 is 0. The molecule has 3 rings (SSSR count). The van der Waals surface area contributed by atoms with Gasteiger partial charge in [0.05, 0.1) is 5.92 Å². The number of benzene rings is 1. The van der Waals surface area contributed by atoms with Crippen LogP contribution in [0.5, 0.6) is 0 Å². The summed E-state index contributed by atoms with van der Waals surface area (Å²) in [7, 11) is 1.62. The van der Waals surface area contributed by atoms with Crippen LogP contribution in [0.2, 0.25) is 0 Å². The lowest BCUT2D eigenvalue weighted by molar-refractivity contribution is -0.134. The van der Waals surface area contributed by atoms with Crippen molar-refractivity contribution in [1.29, 1.82) is 0 Å². The van der Waals surface area contributed by atoms with E-state index in [2.05, 4.69) is 10.2 Å². The predicted molar refractivity (Wildman–Crippen MR) is 87.4 cm³/mol. The Labute approximate surface area is 136 Å². The summed E-state index contributed by atoms with van der Waals surface area (Å²) >= 11 is 0. The highest BCUT2D eigenvalue weighted by atomic mass is 16.2. The van der Waals surface area contributed by atoms with Crippen molar-refractivity contribution in [2.24, 2.45) is 5.41 Å². The first-order valence-corrected chi connectivity index (χ1v) is 8.09. The molecule has 1 amide bonds. The largest absolute Gasteiger partial charge is 0.370 e. The molecule has 1 N–H and O–H groups in total. The van der Waals surface area contributed by atoms with Gasteiger partial charge in [-0.3, -0.25) is 9.59 Å². The number of ketones is 1. The number of anilines is 1. The highest BCUT2D eigenvalue weighted by Crippen LogP contribution is 2.47. The summed E-state index contributed by atoms with van der Waals surface area (Å²) in [5.41, 5.74) is 2.30. The van der Waals surface area contributed by atoms with Gasteiger partial charge in [0.2, 0.25) is 5.91 Å². The van der Waals surface area contributed by atoms with Gasteiger partial charge in [-0.05, 0) is 24.1 Å². The zero-order valence-corrected chi connectivity index (χ0v) is 13.4. The third-order valence-electron chi connectivity index (χ3n) is 4.99. The normalized spacial score (nSPS) is 19.7. The Morgan fingerprint density at radius 3 is 2.48 bits per heavy atom. The number of amides is 1. The number of aldehydes is 1. The van der Waals surface area contributed by atoms with Crippen molar-refractivity contribution in [3.63, 3.8) is 0 Å². The summed E-state index contributed by atoms with van der Waals surface area (Å²) in [6.45, 7) is 1.89. The highest BCUT2D eigenvalue weighted by Gasteiger charge is 2.52. The second-order valence-electron chi connectivity index (χ2n) is 6.75. The Kier molecular flexibility index (Phi) is 4.20. The molecule has 23 heavy (non-hydrogen) atoms. The lowest BCUT2D eigenvalue weighted by atomic mass is 9.62. The van der Waals surface area contributed by atoms with E-state index in [-0.39, 0.29) is 17.2 Å². The van der Waals surface area contributed by atoms with Crippen molar-refractivity contribution in [2.45, 2.75) is 31.6 Å². The van der Waals surface area contributed by atoms with Gasteiger partial charge in [0.1, 0.15) is 12.1 Å². The second-order valence-corrected chi connectivity index (χ2v) is 6.75. The Hall–Kier alpha value is -2.17. The van der Waals surface area contributed by atoms with E-state index in [9.17, 15) is 14.4 Å². The molecule has 2 aliphatic rings. The van der Waals surface area contributed by atoms with Crippen LogP contribution in [0, 0.1) is 5.41 Å². The molecular weight excluding hydrogens is 292 g/mol. The number of carbonyl (C=O) groups is 3. The molecule has 5 nitrogen and oxygen atoms in total. The van der Waals surface area contributed by atoms with Crippen LogP contribution in [0.25, 0.3) is 0 Å². The van der Waals surface area contributed by atoms with Crippen molar-refractivity contribution < 1.29 is 14.4 Å². The van der Waals surface area contributed by atoms with Gasteiger partial charge >= 0.3 is 0 Å². The van der Waals surface area contributed by atoms with Crippen LogP contribution >= 0.6 is 0 Å². The fourth-order valence-corrected chi connectivity index (χ4v) is 3.73. The van der Waals surface area contributed by atoms with Gasteiger partial charge in [-0.15, -0.1) is 0 Å². The van der Waals surface area contributed by atoms with Crippen LogP contribution in [0.1, 0.15) is 37.2 Å². The Balaban J connectivity index is 1.65. The molecule has 122 valence electrons. The molecule has 1 aromatic carbocycles. The summed E-state index contributed by atoms with van der Waals surface area (Å²) in [6.07, 6.45) is 3.21. The smallest absolute Gasteiger partial charge is 0.227 e. The maximum absolute atomic E-state index is 12.0. The van der Waals surface area contributed by atoms with Crippen LogP contribution in [0.3, 0.4) is 0 Å². The average molecular weight is 314 g/mol. The fraction of sp³-hybridized carbons (Fsp3) is 0.500. The number of carbonyl (C=O) groups excluding carboxylic acids is 3. The van der Waals surface area contributed by atoms with Crippen LogP contribution in [-0.4, -0.2) is 38.1 Å². The summed E-state index contributed by atoms with van der Waals surface area (Å²) in [5, 5.41) is 2.67. The first kappa shape index (κ1) is 15.7. The third kappa shape index (κ3) is 3.00. The Morgan fingerprint density at radius 2 is 1.96 bits per heavy atom. The lowest BCUT2D eigenvalue weighted by Gasteiger charge is -2.55. The molecule has 0 bridgehead atoms. The van der Waals surface area contributed by atoms with Crippen molar-refractivity contribution in [3.8, 4) is 0 Å². The zero-order chi connectivity index (χ0) is 16.4. The molecule has 1 saturated carbocycles. The predicted octanol–water partition coefficient (Wildman–Crippen LogP) is 1.66. The molecule has 1 heterocycles. The van der Waals surface area contributed by atoms with E-state index in [0.29, 0.717) is 18.6 Å². The molecule has 1 aliphatic heterocycles. The monoisotopic (exact) mass is 314 g/mol. The average Bonchev–Trinajstić information content (AvgIpc) is 2.50. The maximum Gasteiger partial charge on any atom is 0.227 e. The standard InChI is InChI=1S/C18H22N2O3/c1-19-17(23)16(3-2-8-21)13-4-6-14(7-5-13)20-11-18(12-20)9-15(22)10-18/h4-8,16H,2-3,9-12H2,1H3,(H,19,23). The second kappa shape index (κ2) is 6.14. The molecule has 1 spiro atoms. The SMILES string of the molecule is CNC(=O)C(CCC=O)c1ccc(N2CC3(CC(=O)C3)C2)cc1. The molecule has 1 unspecified atom stereocenters. The van der Waals surface area contributed by atoms with Gasteiger partial charge in [0, 0.05) is 50.5 Å². The van der Waals surface area contributed by atoms with Crippen molar-refractivity contribution in [3.05, 3.63) is 29.8 Å². The Bertz CT molecular complexity index is 608. The van der Waals surface area contributed by atoms with Crippen LogP contribution in [0.4, 0.5) is 5.69 Å². The minimum atomic E-state index is -0.286. The molecule has 1 aliphatic carbocycles. The minimum Gasteiger partial charge on any atom is -0.370 e. The van der Waals surface area contributed by atoms with Gasteiger partial charge in [-0.1, -0.05) is 12.1 Å². The van der Waals surface area contributed by atoms with Crippen LogP contribution in [-0.2, 0) is 14.4 Å². The molecular formula is C18H22N2O3. The van der Waals surface area contributed by atoms with Crippen molar-refractivity contribution >= 4 is 23.7 Å². The first-order chi connectivity index (χ1) is 11.1. The van der Waals surface area contributed by atoms with Crippen molar-refractivity contribution in [1.82, 2.24) is 5.32 Å². The number of hydrogen-bond donors (Lipinski definition) is 1. The highest BCUT2D eigenvalue weighted by molar-refractivity contribution is 5.87. The number of nitrogens with one attached hydrogen (secondary N) is 1. The lowest BCUT2D eigenvalue weighted by Crippen LogP contribution is -2.62. The number of rotatable bonds is 6. The van der Waals surface area contributed by atoms with E-state index < -0.39 is 0 Å². The molecule has 0 aromatic heterocycles. The van der Waals surface area contributed by atoms with Gasteiger partial charge in [-0.25, -0.2) is 0 Å². The van der Waals surface area contributed by atoms with E-state index in [1.54, 1.807) is 7.05 Å². The van der Waals surface area contributed by atoms with Gasteiger partial charge in [-0.2, -0.15) is 0 Å². The molecule has 1 saturated heterocycles. The van der Waals surface area contributed by atoms with E-state index in [1.165, 1.54) is 0 Å². The molecule has 2 fully saturated rings. The maximum atomic E-state index is 12.0. The van der Waals surface area contributed by atoms with Crippen LogP contribution < -0.4 is 10.2 Å². The van der Waals surface area contributed by atoms with Gasteiger partial charge in [0.15, 0.2) is 0 Å². The summed E-state index contributed by atoms with van der Waals surface area (Å²) in [4.78, 5) is 36.0. The molecule has 0 radical (unpaired) electrons. The van der Waals surface area contributed by atoms with Crippen LogP contribution in [0.15, 0.2) is 24.3 Å². The van der Waals surface area contributed by atoms with Crippen molar-refractivity contribution in [2.75, 3.05) is 25.0 Å². The number of hydrogen-bond acceptors (Lipinski definition) is 4. The first-order valence-electron chi connectivity index (χ1n) is 8.09. The number of nitrogens with zero attached hydrogens (tertiary/aromatic N) is 1.